The van der Waals surface area contributed by atoms with Crippen molar-refractivity contribution in [2.24, 2.45) is 5.11 Å². The minimum atomic E-state index is -0.135. The molecule has 0 aromatic rings. The Kier molecular flexibility index (Phi) is 8.98. The molecule has 0 aromatic carbocycles. The van der Waals surface area contributed by atoms with Gasteiger partial charge in [-0.15, -0.1) is 0 Å². The molecular weight excluding hydrogens is 270 g/mol. The number of hydrogen-bond acceptors (Lipinski definition) is 5. The third-order valence-corrected chi connectivity index (χ3v) is 5.62. The second-order valence-electron chi connectivity index (χ2n) is 4.10. The summed E-state index contributed by atoms with van der Waals surface area (Å²) in [6, 6.07) is 0. The number of carbonyl (C=O) groups is 1. The van der Waals surface area contributed by atoms with E-state index in [1.54, 1.807) is 0 Å². The van der Waals surface area contributed by atoms with Crippen LogP contribution in [0.2, 0.25) is 0 Å². The number of esters is 1. The van der Waals surface area contributed by atoms with Gasteiger partial charge in [-0.3, -0.25) is 4.79 Å². The molecule has 0 radical (unpaired) electrons. The topological polar surface area (TPSA) is 75.1 Å². The fourth-order valence-electron chi connectivity index (χ4n) is 1.64. The van der Waals surface area contributed by atoms with E-state index in [9.17, 15) is 4.79 Å². The lowest BCUT2D eigenvalue weighted by Gasteiger charge is -2.06. The van der Waals surface area contributed by atoms with Crippen molar-refractivity contribution < 1.29 is 9.53 Å². The molecule has 5 nitrogen and oxygen atoms in total. The van der Waals surface area contributed by atoms with Gasteiger partial charge in [0.2, 0.25) is 0 Å². The van der Waals surface area contributed by atoms with Crippen molar-refractivity contribution in [1.29, 1.82) is 0 Å². The molecule has 7 heteroatoms. The first-order valence-electron chi connectivity index (χ1n) is 6.27. The van der Waals surface area contributed by atoms with Crippen LogP contribution in [0.1, 0.15) is 38.5 Å². The van der Waals surface area contributed by atoms with Gasteiger partial charge < -0.3 is 4.74 Å². The maximum absolute atomic E-state index is 11.3. The highest BCUT2D eigenvalue weighted by atomic mass is 33.1. The van der Waals surface area contributed by atoms with Crippen LogP contribution in [0.15, 0.2) is 5.11 Å². The van der Waals surface area contributed by atoms with Crippen molar-refractivity contribution >= 4 is 27.6 Å². The van der Waals surface area contributed by atoms with Gasteiger partial charge in [0.1, 0.15) is 0 Å². The van der Waals surface area contributed by atoms with E-state index in [1.807, 2.05) is 21.6 Å². The zero-order valence-electron chi connectivity index (χ0n) is 10.4. The van der Waals surface area contributed by atoms with Gasteiger partial charge in [-0.05, 0) is 31.2 Å². The highest BCUT2D eigenvalue weighted by Crippen LogP contribution is 2.39. The molecule has 18 heavy (non-hydrogen) atoms. The maximum Gasteiger partial charge on any atom is 0.305 e. The van der Waals surface area contributed by atoms with Crippen molar-refractivity contribution in [3.05, 3.63) is 10.4 Å². The van der Waals surface area contributed by atoms with Crippen LogP contribution >= 0.6 is 21.6 Å². The Balaban J connectivity index is 1.88. The molecule has 1 aliphatic rings. The van der Waals surface area contributed by atoms with E-state index < -0.39 is 0 Å². The largest absolute Gasteiger partial charge is 0.466 e. The molecular formula is C11H19N3O2S2. The lowest BCUT2D eigenvalue weighted by atomic mass is 10.1. The van der Waals surface area contributed by atoms with Crippen LogP contribution in [0.4, 0.5) is 0 Å². The first kappa shape index (κ1) is 15.5. The smallest absolute Gasteiger partial charge is 0.305 e. The van der Waals surface area contributed by atoms with E-state index in [0.29, 0.717) is 26.0 Å². The van der Waals surface area contributed by atoms with Gasteiger partial charge in [0.05, 0.1) is 6.61 Å². The van der Waals surface area contributed by atoms with E-state index in [2.05, 4.69) is 10.0 Å². The van der Waals surface area contributed by atoms with Gasteiger partial charge in [0.25, 0.3) is 0 Å². The van der Waals surface area contributed by atoms with Crippen molar-refractivity contribution in [2.45, 2.75) is 43.8 Å². The van der Waals surface area contributed by atoms with Gasteiger partial charge in [-0.1, -0.05) is 33.1 Å². The summed E-state index contributed by atoms with van der Waals surface area (Å²) in [5.74, 6) is 1.13. The lowest BCUT2D eigenvalue weighted by Crippen LogP contribution is -2.07. The number of azide groups is 1. The summed E-state index contributed by atoms with van der Waals surface area (Å²) in [4.78, 5) is 14.0. The summed E-state index contributed by atoms with van der Waals surface area (Å²) in [7, 11) is 3.94. The summed E-state index contributed by atoms with van der Waals surface area (Å²) in [5.41, 5.74) is 8.06. The zero-order valence-corrected chi connectivity index (χ0v) is 12.0. The Morgan fingerprint density at radius 3 is 3.06 bits per heavy atom. The first-order valence-corrected chi connectivity index (χ1v) is 8.66. The van der Waals surface area contributed by atoms with Gasteiger partial charge in [0.15, 0.2) is 0 Å². The molecule has 1 rings (SSSR count). The van der Waals surface area contributed by atoms with Crippen molar-refractivity contribution in [3.8, 4) is 0 Å². The van der Waals surface area contributed by atoms with Crippen LogP contribution in [0.25, 0.3) is 10.4 Å². The minimum Gasteiger partial charge on any atom is -0.466 e. The summed E-state index contributed by atoms with van der Waals surface area (Å²) >= 11 is 0. The number of hydrogen-bond donors (Lipinski definition) is 0. The Morgan fingerprint density at radius 2 is 2.33 bits per heavy atom. The third kappa shape index (κ3) is 7.74. The van der Waals surface area contributed by atoms with E-state index in [-0.39, 0.29) is 5.97 Å². The van der Waals surface area contributed by atoms with Crippen molar-refractivity contribution in [2.75, 3.05) is 18.9 Å². The molecule has 1 aliphatic heterocycles. The average molecular weight is 289 g/mol. The molecule has 0 aliphatic carbocycles. The highest BCUT2D eigenvalue weighted by molar-refractivity contribution is 8.77. The molecule has 1 atom stereocenters. The van der Waals surface area contributed by atoms with Crippen LogP contribution in [0.3, 0.4) is 0 Å². The lowest BCUT2D eigenvalue weighted by molar-refractivity contribution is -0.143. The predicted octanol–water partition coefficient (Wildman–Crippen LogP) is 3.94. The van der Waals surface area contributed by atoms with Gasteiger partial charge >= 0.3 is 5.97 Å². The van der Waals surface area contributed by atoms with Gasteiger partial charge in [-0.25, -0.2) is 0 Å². The second-order valence-corrected chi connectivity index (χ2v) is 6.89. The SMILES string of the molecule is [N-]=[N+]=NCCCOC(=O)CCCCC1CCSS1. The van der Waals surface area contributed by atoms with Crippen LogP contribution in [0.5, 0.6) is 0 Å². The standard InChI is InChI=1S/C11H19N3O2S2/c12-14-13-7-3-8-16-11(15)5-2-1-4-10-6-9-17-18-10/h10H,1-9H2. The molecule has 102 valence electrons. The maximum atomic E-state index is 11.3. The van der Waals surface area contributed by atoms with E-state index >= 15 is 0 Å². The molecule has 1 heterocycles. The van der Waals surface area contributed by atoms with Crippen LogP contribution < -0.4 is 0 Å². The molecule has 0 amide bonds. The third-order valence-electron chi connectivity index (χ3n) is 2.61. The molecule has 0 aromatic heterocycles. The number of unbranched alkanes of at least 4 members (excludes halogenated alkanes) is 1. The Labute approximate surface area is 115 Å². The van der Waals surface area contributed by atoms with Crippen LogP contribution in [-0.2, 0) is 9.53 Å². The van der Waals surface area contributed by atoms with Crippen molar-refractivity contribution in [3.63, 3.8) is 0 Å². The zero-order chi connectivity index (χ0) is 13.1. The number of rotatable bonds is 9. The first-order chi connectivity index (χ1) is 8.83. The fourth-order valence-corrected chi connectivity index (χ4v) is 4.67. The second kappa shape index (κ2) is 10.4. The normalized spacial score (nSPS) is 18.3. The summed E-state index contributed by atoms with van der Waals surface area (Å²) in [5, 5.41) is 4.16. The van der Waals surface area contributed by atoms with Gasteiger partial charge in [-0.2, -0.15) is 0 Å². The van der Waals surface area contributed by atoms with Crippen LogP contribution in [-0.4, -0.2) is 30.1 Å². The number of carbonyl (C=O) groups excluding carboxylic acids is 1. The van der Waals surface area contributed by atoms with Gasteiger partial charge in [0, 0.05) is 28.9 Å². The summed E-state index contributed by atoms with van der Waals surface area (Å²) in [6.07, 6.45) is 5.64. The Hall–Kier alpha value is -0.520. The summed E-state index contributed by atoms with van der Waals surface area (Å²) < 4.78 is 5.03. The highest BCUT2D eigenvalue weighted by Gasteiger charge is 2.15. The molecule has 0 bridgehead atoms. The quantitative estimate of drug-likeness (QED) is 0.161. The monoisotopic (exact) mass is 289 g/mol. The molecule has 1 fully saturated rings. The number of nitrogens with zero attached hydrogens (tertiary/aromatic N) is 3. The average Bonchev–Trinajstić information content (AvgIpc) is 2.87. The molecule has 0 spiro atoms. The van der Waals surface area contributed by atoms with E-state index in [4.69, 9.17) is 10.3 Å². The Morgan fingerprint density at radius 1 is 1.44 bits per heavy atom. The molecule has 0 N–H and O–H groups in total. The van der Waals surface area contributed by atoms with Crippen molar-refractivity contribution in [1.82, 2.24) is 0 Å². The summed E-state index contributed by atoms with van der Waals surface area (Å²) in [6.45, 7) is 0.743. The molecule has 1 unspecified atom stereocenters. The Bertz CT molecular complexity index is 290. The number of ether oxygens (including phenoxy) is 1. The molecule has 0 saturated carbocycles. The minimum absolute atomic E-state index is 0.135. The predicted molar refractivity (Wildman–Crippen MR) is 76.5 cm³/mol. The molecule has 1 saturated heterocycles. The van der Waals surface area contributed by atoms with Crippen LogP contribution in [0, 0.1) is 0 Å². The fraction of sp³-hybridized carbons (Fsp3) is 0.909. The van der Waals surface area contributed by atoms with E-state index in [0.717, 1.165) is 18.1 Å². The van der Waals surface area contributed by atoms with E-state index in [1.165, 1.54) is 18.6 Å².